The van der Waals surface area contributed by atoms with Gasteiger partial charge in [-0.3, -0.25) is 4.57 Å². The normalized spacial score (nSPS) is 13.2. The third-order valence-electron chi connectivity index (χ3n) is 18.2. The van der Waals surface area contributed by atoms with E-state index in [4.69, 9.17) is 9.72 Å². The van der Waals surface area contributed by atoms with E-state index in [1.165, 1.54) is 83.5 Å². The Morgan fingerprint density at radius 2 is 0.965 bits per heavy atom. The van der Waals surface area contributed by atoms with Crippen molar-refractivity contribution < 1.29 is 4.74 Å². The molecule has 1 aliphatic heterocycles. The van der Waals surface area contributed by atoms with E-state index in [1.807, 2.05) is 6.20 Å². The number of nitrogens with zero attached hydrogens (tertiary/aromatic N) is 4. The molecule has 85 heavy (non-hydrogen) atoms. The molecule has 12 rings (SSSR count). The first-order chi connectivity index (χ1) is 40.5. The Bertz CT molecular complexity index is 4240. The monoisotopic (exact) mass is 1110 g/mol. The van der Waals surface area contributed by atoms with Crippen LogP contribution in [-0.4, -0.2) is 16.2 Å². The summed E-state index contributed by atoms with van der Waals surface area (Å²) in [5.74, 6) is 3.11. The highest BCUT2D eigenvalue weighted by molar-refractivity contribution is 6.10. The first-order valence-corrected chi connectivity index (χ1v) is 30.6. The predicted molar refractivity (Wildman–Crippen MR) is 361 cm³/mol. The third-order valence-corrected chi connectivity index (χ3v) is 18.2. The second-order valence-corrected chi connectivity index (χ2v) is 27.4. The van der Waals surface area contributed by atoms with E-state index in [0.717, 1.165) is 45.1 Å². The van der Waals surface area contributed by atoms with E-state index < -0.39 is 0 Å². The topological polar surface area (TPSA) is 33.5 Å². The van der Waals surface area contributed by atoms with Crippen LogP contribution in [0.3, 0.4) is 0 Å². The Balaban J connectivity index is 1.02. The lowest BCUT2D eigenvalue weighted by atomic mass is 9.78. The summed E-state index contributed by atoms with van der Waals surface area (Å²) in [6, 6.07) is 78.6. The fourth-order valence-electron chi connectivity index (χ4n) is 12.8. The minimum Gasteiger partial charge on any atom is -0.457 e. The van der Waals surface area contributed by atoms with Gasteiger partial charge in [0.1, 0.15) is 24.0 Å². The molecule has 0 atom stereocenters. The number of anilines is 4. The van der Waals surface area contributed by atoms with Gasteiger partial charge in [-0.2, -0.15) is 0 Å². The van der Waals surface area contributed by atoms with Crippen LogP contribution in [0, 0.1) is 0 Å². The minimum absolute atomic E-state index is 0.0772. The van der Waals surface area contributed by atoms with Gasteiger partial charge in [0.25, 0.3) is 0 Å². The van der Waals surface area contributed by atoms with Gasteiger partial charge in [0.2, 0.25) is 0 Å². The van der Waals surface area contributed by atoms with Gasteiger partial charge < -0.3 is 14.5 Å². The molecule has 0 bridgehead atoms. The quantitative estimate of drug-likeness (QED) is 0.115. The average molecular weight is 1120 g/mol. The van der Waals surface area contributed by atoms with Crippen molar-refractivity contribution in [2.24, 2.45) is 0 Å². The standard InChI is InChI=1S/C80H82N4O/c1-52(2)67-31-24-32-68(53(3)4)76(67)55-33-37-72-74(43-55)83(51-82(72)63-42-56(54-25-18-15-19-26-54)41-61(44-63)77(5,6)7)64-45-62(78(8,9)10)46-66(49-64)85-65-35-36-69-70-47-59(79(11,12)57-27-20-16-21-28-57)34-38-71(70)84(73(69)50-65)75-48-60(39-40-81-75)80(13,14)58-29-22-17-23-30-58/h15-50,52-53H,51H2,1-14H3. The largest absolute Gasteiger partial charge is 0.457 e. The zero-order valence-electron chi connectivity index (χ0n) is 52.3. The van der Waals surface area contributed by atoms with Crippen LogP contribution in [0.4, 0.5) is 22.7 Å². The van der Waals surface area contributed by atoms with E-state index in [-0.39, 0.29) is 21.7 Å². The van der Waals surface area contributed by atoms with Crippen LogP contribution in [0.1, 0.15) is 153 Å². The van der Waals surface area contributed by atoms with Gasteiger partial charge >= 0.3 is 0 Å². The molecule has 9 aromatic carbocycles. The number of hydrogen-bond acceptors (Lipinski definition) is 4. The van der Waals surface area contributed by atoms with E-state index >= 15 is 0 Å². The highest BCUT2D eigenvalue weighted by Gasteiger charge is 2.33. The SMILES string of the molecule is CC(C)c1cccc(C(C)C)c1-c1ccc2c(c1)N(c1cc(Oc3ccc4c5cc(C(C)(C)c6ccccc6)ccc5n(-c5cc(C(C)(C)c6ccccc6)ccn5)c4c3)cc(C(C)(C)C)c1)CN2c1cc(-c2ccccc2)cc(C(C)(C)C)c1. The molecule has 428 valence electrons. The number of ether oxygens (including phenoxy) is 1. The molecule has 1 aliphatic rings. The van der Waals surface area contributed by atoms with Crippen molar-refractivity contribution >= 4 is 44.6 Å². The van der Waals surface area contributed by atoms with Crippen LogP contribution < -0.4 is 14.5 Å². The van der Waals surface area contributed by atoms with Crippen molar-refractivity contribution in [1.82, 2.24) is 9.55 Å². The summed E-state index contributed by atoms with van der Waals surface area (Å²) in [5, 5.41) is 2.31. The number of fused-ring (bicyclic) bond motifs is 4. The molecule has 5 nitrogen and oxygen atoms in total. The molecule has 0 radical (unpaired) electrons. The third kappa shape index (κ3) is 10.7. The molecule has 5 heteroatoms. The molecular weight excluding hydrogens is 1030 g/mol. The first-order valence-electron chi connectivity index (χ1n) is 30.6. The number of aromatic nitrogens is 2. The summed E-state index contributed by atoms with van der Waals surface area (Å²) < 4.78 is 9.64. The number of rotatable bonds is 13. The Morgan fingerprint density at radius 1 is 0.388 bits per heavy atom. The second kappa shape index (κ2) is 21.8. The Kier molecular flexibility index (Phi) is 14.5. The van der Waals surface area contributed by atoms with E-state index in [1.54, 1.807) is 0 Å². The summed E-state index contributed by atoms with van der Waals surface area (Å²) in [4.78, 5) is 10.2. The van der Waals surface area contributed by atoms with Gasteiger partial charge in [0.15, 0.2) is 0 Å². The van der Waals surface area contributed by atoms with Crippen molar-refractivity contribution in [2.75, 3.05) is 16.5 Å². The maximum absolute atomic E-state index is 7.30. The fraction of sp³-hybridized carbons (Fsp3) is 0.263. The maximum atomic E-state index is 7.30. The maximum Gasteiger partial charge on any atom is 0.137 e. The lowest BCUT2D eigenvalue weighted by Crippen LogP contribution is -2.25. The smallest absolute Gasteiger partial charge is 0.137 e. The lowest BCUT2D eigenvalue weighted by molar-refractivity contribution is 0.479. The summed E-state index contributed by atoms with van der Waals surface area (Å²) >= 11 is 0. The molecule has 0 fully saturated rings. The highest BCUT2D eigenvalue weighted by atomic mass is 16.5. The van der Waals surface area contributed by atoms with E-state index in [0.29, 0.717) is 18.5 Å². The number of pyridine rings is 1. The van der Waals surface area contributed by atoms with Gasteiger partial charge in [-0.1, -0.05) is 224 Å². The molecule has 0 saturated heterocycles. The van der Waals surface area contributed by atoms with Crippen molar-refractivity contribution in [3.8, 4) is 39.6 Å². The lowest BCUT2D eigenvalue weighted by Gasteiger charge is -2.27. The van der Waals surface area contributed by atoms with Gasteiger partial charge in [-0.25, -0.2) is 4.98 Å². The molecule has 0 unspecified atom stereocenters. The molecule has 3 heterocycles. The average Bonchev–Trinajstić information content (AvgIpc) is 1.80. The van der Waals surface area contributed by atoms with E-state index in [2.05, 4.69) is 324 Å². The molecular formula is C80H82N4O. The van der Waals surface area contributed by atoms with Gasteiger partial charge in [0.05, 0.1) is 22.4 Å². The van der Waals surface area contributed by atoms with Gasteiger partial charge in [-0.15, -0.1) is 0 Å². The first kappa shape index (κ1) is 56.8. The second-order valence-electron chi connectivity index (χ2n) is 27.4. The molecule has 2 aromatic heterocycles. The van der Waals surface area contributed by atoms with Gasteiger partial charge in [0, 0.05) is 51.3 Å². The molecule has 0 saturated carbocycles. The van der Waals surface area contributed by atoms with Crippen molar-refractivity contribution in [3.63, 3.8) is 0 Å². The Labute approximate surface area is 505 Å². The highest BCUT2D eigenvalue weighted by Crippen LogP contribution is 2.51. The van der Waals surface area contributed by atoms with Crippen molar-refractivity contribution in [1.29, 1.82) is 0 Å². The number of hydrogen-bond donors (Lipinski definition) is 0. The minimum atomic E-state index is -0.264. The van der Waals surface area contributed by atoms with Crippen LogP contribution in [0.2, 0.25) is 0 Å². The number of benzene rings is 9. The summed E-state index contributed by atoms with van der Waals surface area (Å²) in [7, 11) is 0. The van der Waals surface area contributed by atoms with Crippen LogP contribution in [0.25, 0.3) is 49.9 Å². The summed E-state index contributed by atoms with van der Waals surface area (Å²) in [6.07, 6.45) is 1.97. The molecule has 0 spiro atoms. The predicted octanol–water partition coefficient (Wildman–Crippen LogP) is 22.0. The Morgan fingerprint density at radius 3 is 1.58 bits per heavy atom. The summed E-state index contributed by atoms with van der Waals surface area (Å²) in [6.45, 7) is 33.0. The van der Waals surface area contributed by atoms with Crippen LogP contribution in [0.15, 0.2) is 219 Å². The van der Waals surface area contributed by atoms with E-state index in [9.17, 15) is 0 Å². The molecule has 0 amide bonds. The fourth-order valence-corrected chi connectivity index (χ4v) is 12.8. The van der Waals surface area contributed by atoms with Crippen molar-refractivity contribution in [3.05, 3.63) is 263 Å². The van der Waals surface area contributed by atoms with Gasteiger partial charge in [-0.05, 0) is 162 Å². The molecule has 0 N–H and O–H groups in total. The Hall–Kier alpha value is -8.67. The molecule has 0 aliphatic carbocycles. The zero-order chi connectivity index (χ0) is 59.7. The van der Waals surface area contributed by atoms with Crippen molar-refractivity contribution in [2.45, 2.75) is 130 Å². The van der Waals surface area contributed by atoms with Crippen LogP contribution >= 0.6 is 0 Å². The van der Waals surface area contributed by atoms with Crippen LogP contribution in [-0.2, 0) is 21.7 Å². The van der Waals surface area contributed by atoms with Crippen LogP contribution in [0.5, 0.6) is 11.5 Å². The zero-order valence-corrected chi connectivity index (χ0v) is 52.3. The molecule has 11 aromatic rings. The summed E-state index contributed by atoms with van der Waals surface area (Å²) in [5.41, 5.74) is 21.1.